The third kappa shape index (κ3) is 4.26. The molecule has 6 heteroatoms. The van der Waals surface area contributed by atoms with Gasteiger partial charge in [-0.3, -0.25) is 9.69 Å². The van der Waals surface area contributed by atoms with Crippen molar-refractivity contribution in [1.29, 1.82) is 0 Å². The largest absolute Gasteiger partial charge is 0.459 e. The van der Waals surface area contributed by atoms with Gasteiger partial charge >= 0.3 is 0 Å². The Bertz CT molecular complexity index is 1070. The van der Waals surface area contributed by atoms with Crippen LogP contribution in [0.2, 0.25) is 0 Å². The summed E-state index contributed by atoms with van der Waals surface area (Å²) in [4.78, 5) is 16.8. The zero-order chi connectivity index (χ0) is 22.1. The summed E-state index contributed by atoms with van der Waals surface area (Å²) in [5.41, 5.74) is 3.66. The van der Waals surface area contributed by atoms with E-state index in [0.717, 1.165) is 61.7 Å². The Morgan fingerprint density at radius 3 is 2.62 bits per heavy atom. The van der Waals surface area contributed by atoms with Crippen LogP contribution in [0, 0.1) is 11.7 Å². The normalized spacial score (nSPS) is 18.3. The fourth-order valence-corrected chi connectivity index (χ4v) is 6.35. The van der Waals surface area contributed by atoms with Gasteiger partial charge in [0.15, 0.2) is 5.76 Å². The number of furan rings is 1. The van der Waals surface area contributed by atoms with Gasteiger partial charge in [0, 0.05) is 10.4 Å². The monoisotopic (exact) mass is 452 g/mol. The van der Waals surface area contributed by atoms with E-state index in [1.165, 1.54) is 28.7 Å². The van der Waals surface area contributed by atoms with Gasteiger partial charge in [-0.05, 0) is 92.9 Å². The molecule has 32 heavy (non-hydrogen) atoms. The summed E-state index contributed by atoms with van der Waals surface area (Å²) in [5.74, 6) is 0.584. The van der Waals surface area contributed by atoms with Gasteiger partial charge in [0.2, 0.25) is 0 Å². The van der Waals surface area contributed by atoms with Crippen LogP contribution in [0.15, 0.2) is 47.1 Å². The van der Waals surface area contributed by atoms with Crippen molar-refractivity contribution >= 4 is 22.2 Å². The van der Waals surface area contributed by atoms with Crippen molar-refractivity contribution in [3.63, 3.8) is 0 Å². The maximum atomic E-state index is 13.8. The number of nitrogens with zero attached hydrogens (tertiary/aromatic N) is 1. The average molecular weight is 453 g/mol. The topological polar surface area (TPSA) is 45.5 Å². The number of rotatable bonds is 5. The molecule has 2 aliphatic rings. The van der Waals surface area contributed by atoms with Gasteiger partial charge < -0.3 is 9.73 Å². The molecule has 1 aliphatic heterocycles. The van der Waals surface area contributed by atoms with Gasteiger partial charge in [-0.1, -0.05) is 19.1 Å². The first-order chi connectivity index (χ1) is 15.6. The Kier molecular flexibility index (Phi) is 6.15. The molecule has 4 nitrogen and oxygen atoms in total. The maximum absolute atomic E-state index is 13.8. The van der Waals surface area contributed by atoms with E-state index in [9.17, 15) is 9.18 Å². The summed E-state index contributed by atoms with van der Waals surface area (Å²) >= 11 is 1.70. The third-order valence-corrected chi connectivity index (χ3v) is 8.05. The molecule has 0 unspecified atom stereocenters. The van der Waals surface area contributed by atoms with E-state index in [0.29, 0.717) is 5.76 Å². The molecule has 168 valence electrons. The number of aryl methyl sites for hydroxylation is 1. The molecular formula is C26H29FN2O2S. The van der Waals surface area contributed by atoms with E-state index in [4.69, 9.17) is 4.42 Å². The highest BCUT2D eigenvalue weighted by Crippen LogP contribution is 2.46. The SMILES string of the molecule is CC1CCN([C@H](c2ccc(F)cc2)c2c(NC(=O)c3ccco3)sc3c2CCCC3)CC1. The van der Waals surface area contributed by atoms with Crippen LogP contribution in [0.5, 0.6) is 0 Å². The molecule has 1 saturated heterocycles. The summed E-state index contributed by atoms with van der Waals surface area (Å²) in [7, 11) is 0. The number of amides is 1. The van der Waals surface area contributed by atoms with Crippen LogP contribution in [0.25, 0.3) is 0 Å². The highest BCUT2D eigenvalue weighted by molar-refractivity contribution is 7.16. The van der Waals surface area contributed by atoms with E-state index in [-0.39, 0.29) is 17.8 Å². The van der Waals surface area contributed by atoms with Gasteiger partial charge in [0.1, 0.15) is 10.8 Å². The van der Waals surface area contributed by atoms with Crippen molar-refractivity contribution in [2.75, 3.05) is 18.4 Å². The van der Waals surface area contributed by atoms with Gasteiger partial charge in [-0.25, -0.2) is 4.39 Å². The number of fused-ring (bicyclic) bond motifs is 1. The van der Waals surface area contributed by atoms with Crippen molar-refractivity contribution in [1.82, 2.24) is 4.90 Å². The van der Waals surface area contributed by atoms with Crippen LogP contribution in [-0.2, 0) is 12.8 Å². The second-order valence-electron chi connectivity index (χ2n) is 9.06. The highest BCUT2D eigenvalue weighted by atomic mass is 32.1. The second kappa shape index (κ2) is 9.20. The van der Waals surface area contributed by atoms with E-state index in [1.54, 1.807) is 35.6 Å². The zero-order valence-corrected chi connectivity index (χ0v) is 19.2. The number of likely N-dealkylation sites (tertiary alicyclic amines) is 1. The van der Waals surface area contributed by atoms with Crippen LogP contribution in [0.1, 0.15) is 70.8 Å². The van der Waals surface area contributed by atoms with Crippen LogP contribution < -0.4 is 5.32 Å². The lowest BCUT2D eigenvalue weighted by Crippen LogP contribution is -2.37. The van der Waals surface area contributed by atoms with Crippen molar-refractivity contribution in [3.05, 3.63) is 75.8 Å². The number of halogens is 1. The lowest BCUT2D eigenvalue weighted by molar-refractivity contribution is 0.0996. The predicted octanol–water partition coefficient (Wildman–Crippen LogP) is 6.43. The Labute approximate surface area is 192 Å². The third-order valence-electron chi connectivity index (χ3n) is 6.83. The van der Waals surface area contributed by atoms with E-state index >= 15 is 0 Å². The zero-order valence-electron chi connectivity index (χ0n) is 18.4. The van der Waals surface area contributed by atoms with Gasteiger partial charge in [0.25, 0.3) is 5.91 Å². The number of anilines is 1. The number of hydrogen-bond donors (Lipinski definition) is 1. The predicted molar refractivity (Wildman–Crippen MR) is 126 cm³/mol. The second-order valence-corrected chi connectivity index (χ2v) is 10.2. The lowest BCUT2D eigenvalue weighted by atomic mass is 9.87. The minimum absolute atomic E-state index is 0.00750. The molecule has 5 rings (SSSR count). The number of nitrogens with one attached hydrogen (secondary N) is 1. The first kappa shape index (κ1) is 21.4. The minimum Gasteiger partial charge on any atom is -0.459 e. The Morgan fingerprint density at radius 2 is 1.91 bits per heavy atom. The van der Waals surface area contributed by atoms with Crippen LogP contribution >= 0.6 is 11.3 Å². The molecule has 1 aliphatic carbocycles. The fraction of sp³-hybridized carbons (Fsp3) is 0.423. The fourth-order valence-electron chi connectivity index (χ4n) is 5.04. The average Bonchev–Trinajstić information content (AvgIpc) is 3.45. The molecule has 0 radical (unpaired) electrons. The molecule has 1 fully saturated rings. The summed E-state index contributed by atoms with van der Waals surface area (Å²) in [6, 6.07) is 10.3. The number of thiophene rings is 1. The lowest BCUT2D eigenvalue weighted by Gasteiger charge is -2.38. The van der Waals surface area contributed by atoms with Crippen molar-refractivity contribution in [2.24, 2.45) is 5.92 Å². The number of carbonyl (C=O) groups excluding carboxylic acids is 1. The quantitative estimate of drug-likeness (QED) is 0.485. The summed E-state index contributed by atoms with van der Waals surface area (Å²) in [6.45, 7) is 4.31. The summed E-state index contributed by atoms with van der Waals surface area (Å²) < 4.78 is 19.1. The van der Waals surface area contributed by atoms with Crippen molar-refractivity contribution in [3.8, 4) is 0 Å². The maximum Gasteiger partial charge on any atom is 0.291 e. The molecule has 1 amide bonds. The molecule has 0 spiro atoms. The van der Waals surface area contributed by atoms with E-state index in [1.807, 2.05) is 12.1 Å². The molecule has 3 aromatic rings. The van der Waals surface area contributed by atoms with Gasteiger partial charge in [0.05, 0.1) is 12.3 Å². The number of piperidine rings is 1. The molecule has 3 heterocycles. The number of hydrogen-bond acceptors (Lipinski definition) is 4. The summed E-state index contributed by atoms with van der Waals surface area (Å²) in [5, 5.41) is 4.07. The summed E-state index contributed by atoms with van der Waals surface area (Å²) in [6.07, 6.45) is 8.24. The smallest absolute Gasteiger partial charge is 0.291 e. The van der Waals surface area contributed by atoms with Crippen molar-refractivity contribution in [2.45, 2.75) is 51.5 Å². The van der Waals surface area contributed by atoms with Gasteiger partial charge in [-0.2, -0.15) is 0 Å². The van der Waals surface area contributed by atoms with E-state index < -0.39 is 0 Å². The van der Waals surface area contributed by atoms with Gasteiger partial charge in [-0.15, -0.1) is 11.3 Å². The molecule has 1 N–H and O–H groups in total. The Hall–Kier alpha value is -2.44. The highest BCUT2D eigenvalue weighted by Gasteiger charge is 2.33. The molecule has 2 aromatic heterocycles. The van der Waals surface area contributed by atoms with Crippen LogP contribution in [0.4, 0.5) is 9.39 Å². The van der Waals surface area contributed by atoms with Crippen LogP contribution in [0.3, 0.4) is 0 Å². The number of benzene rings is 1. The first-order valence-electron chi connectivity index (χ1n) is 11.6. The standard InChI is InChI=1S/C26H29FN2O2S/c1-17-12-14-29(15-13-17)24(18-8-10-19(27)11-9-18)23-20-5-2-3-7-22(20)32-26(23)28-25(30)21-6-4-16-31-21/h4,6,8-11,16-17,24H,2-3,5,7,12-15H2,1H3,(H,28,30)/t24-/m1/s1. The molecule has 1 aromatic carbocycles. The van der Waals surface area contributed by atoms with E-state index in [2.05, 4.69) is 17.1 Å². The van der Waals surface area contributed by atoms with Crippen molar-refractivity contribution < 1.29 is 13.6 Å². The number of carbonyl (C=O) groups is 1. The molecular weight excluding hydrogens is 423 g/mol. The Morgan fingerprint density at radius 1 is 1.16 bits per heavy atom. The molecule has 1 atom stereocenters. The first-order valence-corrected chi connectivity index (χ1v) is 12.4. The molecule has 0 bridgehead atoms. The Balaban J connectivity index is 1.59. The molecule has 0 saturated carbocycles. The van der Waals surface area contributed by atoms with Crippen LogP contribution in [-0.4, -0.2) is 23.9 Å². The minimum atomic E-state index is -0.224.